The molecule has 0 saturated heterocycles. The quantitative estimate of drug-likeness (QED) is 0.376. The summed E-state index contributed by atoms with van der Waals surface area (Å²) < 4.78 is 1.81. The molecule has 0 bridgehead atoms. The van der Waals surface area contributed by atoms with Crippen molar-refractivity contribution in [3.63, 3.8) is 0 Å². The Hall–Kier alpha value is -2.48. The number of hydrogen-bond acceptors (Lipinski definition) is 6. The van der Waals surface area contributed by atoms with E-state index in [1.54, 1.807) is 18.3 Å². The van der Waals surface area contributed by atoms with Crippen molar-refractivity contribution in [2.45, 2.75) is 13.0 Å². The van der Waals surface area contributed by atoms with E-state index < -0.39 is 0 Å². The number of amides is 1. The second-order valence-electron chi connectivity index (χ2n) is 3.83. The van der Waals surface area contributed by atoms with E-state index in [4.69, 9.17) is 5.84 Å². The normalized spacial score (nSPS) is 10.2. The molecule has 100 valence electrons. The van der Waals surface area contributed by atoms with E-state index in [0.29, 0.717) is 12.4 Å². The third-order valence-corrected chi connectivity index (χ3v) is 2.45. The third-order valence-electron chi connectivity index (χ3n) is 2.45. The fourth-order valence-corrected chi connectivity index (χ4v) is 1.50. The average molecular weight is 261 g/mol. The number of hydrogen-bond donors (Lipinski definition) is 3. The molecule has 0 fully saturated rings. The molecular weight excluding hydrogens is 246 g/mol. The van der Waals surface area contributed by atoms with Crippen LogP contribution in [0.5, 0.6) is 0 Å². The van der Waals surface area contributed by atoms with Crippen LogP contribution in [0.25, 0.3) is 0 Å². The van der Waals surface area contributed by atoms with Gasteiger partial charge in [-0.2, -0.15) is 5.10 Å². The Morgan fingerprint density at radius 3 is 2.89 bits per heavy atom. The van der Waals surface area contributed by atoms with Crippen LogP contribution in [-0.4, -0.2) is 32.4 Å². The minimum Gasteiger partial charge on any atom is -0.351 e. The molecule has 1 amide bonds. The van der Waals surface area contributed by atoms with Gasteiger partial charge in [-0.25, -0.2) is 5.84 Å². The number of nitrogens with two attached hydrogens (primary N) is 1. The van der Waals surface area contributed by atoms with Crippen molar-refractivity contribution in [1.29, 1.82) is 0 Å². The molecule has 19 heavy (non-hydrogen) atoms. The number of aryl methyl sites for hydroxylation is 1. The van der Waals surface area contributed by atoms with E-state index in [9.17, 15) is 4.79 Å². The fourth-order valence-electron chi connectivity index (χ4n) is 1.50. The smallest absolute Gasteiger partial charge is 0.271 e. The summed E-state index contributed by atoms with van der Waals surface area (Å²) in [5, 5.41) is 14.3. The van der Waals surface area contributed by atoms with E-state index in [1.807, 2.05) is 16.9 Å². The van der Waals surface area contributed by atoms with E-state index in [0.717, 1.165) is 13.0 Å². The summed E-state index contributed by atoms with van der Waals surface area (Å²) in [6.07, 6.45) is 4.40. The van der Waals surface area contributed by atoms with Gasteiger partial charge in [0.2, 0.25) is 0 Å². The summed E-state index contributed by atoms with van der Waals surface area (Å²) in [6, 6.07) is 5.01. The number of nitrogens with one attached hydrogen (secondary N) is 2. The summed E-state index contributed by atoms with van der Waals surface area (Å²) in [6.45, 7) is 1.31. The lowest BCUT2D eigenvalue weighted by Crippen LogP contribution is -2.26. The van der Waals surface area contributed by atoms with Crippen LogP contribution < -0.4 is 16.6 Å². The first-order chi connectivity index (χ1) is 9.29. The van der Waals surface area contributed by atoms with Crippen LogP contribution in [0.2, 0.25) is 0 Å². The molecule has 0 aliphatic carbocycles. The molecule has 2 aromatic rings. The highest BCUT2D eigenvalue weighted by Gasteiger charge is 2.06. The van der Waals surface area contributed by atoms with Crippen molar-refractivity contribution in [2.75, 3.05) is 12.0 Å². The SMILES string of the molecule is NNc1ccc(C(=O)NCCCn2cccn2)nn1. The molecule has 2 heterocycles. The van der Waals surface area contributed by atoms with Gasteiger partial charge in [0.1, 0.15) is 0 Å². The molecule has 0 spiro atoms. The highest BCUT2D eigenvalue weighted by atomic mass is 16.1. The van der Waals surface area contributed by atoms with E-state index in [2.05, 4.69) is 26.0 Å². The van der Waals surface area contributed by atoms with E-state index in [-0.39, 0.29) is 11.6 Å². The number of nitrogens with zero attached hydrogens (tertiary/aromatic N) is 4. The Balaban J connectivity index is 1.74. The molecule has 0 atom stereocenters. The van der Waals surface area contributed by atoms with Crippen LogP contribution in [-0.2, 0) is 6.54 Å². The van der Waals surface area contributed by atoms with Crippen LogP contribution in [0.4, 0.5) is 5.82 Å². The van der Waals surface area contributed by atoms with Crippen LogP contribution in [0.15, 0.2) is 30.6 Å². The molecule has 0 radical (unpaired) electrons. The van der Waals surface area contributed by atoms with Gasteiger partial charge in [0, 0.05) is 25.5 Å². The number of carbonyl (C=O) groups excluding carboxylic acids is 1. The number of carbonyl (C=O) groups is 1. The Bertz CT molecular complexity index is 508. The first-order valence-electron chi connectivity index (χ1n) is 5.85. The zero-order chi connectivity index (χ0) is 13.5. The fraction of sp³-hybridized carbons (Fsp3) is 0.273. The predicted molar refractivity (Wildman–Crippen MR) is 69.0 cm³/mol. The van der Waals surface area contributed by atoms with Crippen LogP contribution in [0.3, 0.4) is 0 Å². The minimum absolute atomic E-state index is 0.253. The monoisotopic (exact) mass is 261 g/mol. The molecule has 8 heteroatoms. The Morgan fingerprint density at radius 2 is 2.26 bits per heavy atom. The zero-order valence-electron chi connectivity index (χ0n) is 10.3. The maximum atomic E-state index is 11.7. The van der Waals surface area contributed by atoms with Crippen LogP contribution in [0, 0.1) is 0 Å². The Kier molecular flexibility index (Phi) is 4.40. The predicted octanol–water partition coefficient (Wildman–Crippen LogP) is -0.221. The summed E-state index contributed by atoms with van der Waals surface area (Å²) in [7, 11) is 0. The summed E-state index contributed by atoms with van der Waals surface area (Å²) >= 11 is 0. The Labute approximate surface area is 110 Å². The summed E-state index contributed by atoms with van der Waals surface area (Å²) in [4.78, 5) is 11.7. The molecule has 4 N–H and O–H groups in total. The lowest BCUT2D eigenvalue weighted by Gasteiger charge is -2.05. The van der Waals surface area contributed by atoms with Gasteiger partial charge in [-0.1, -0.05) is 0 Å². The molecule has 0 aliphatic heterocycles. The maximum absolute atomic E-state index is 11.7. The molecule has 0 aliphatic rings. The second-order valence-corrected chi connectivity index (χ2v) is 3.83. The lowest BCUT2D eigenvalue weighted by molar-refractivity contribution is 0.0946. The third kappa shape index (κ3) is 3.75. The summed E-state index contributed by atoms with van der Waals surface area (Å²) in [5.41, 5.74) is 2.61. The van der Waals surface area contributed by atoms with Gasteiger partial charge >= 0.3 is 0 Å². The highest BCUT2D eigenvalue weighted by Crippen LogP contribution is 1.99. The number of aromatic nitrogens is 4. The van der Waals surface area contributed by atoms with Crippen molar-refractivity contribution in [3.8, 4) is 0 Å². The van der Waals surface area contributed by atoms with Gasteiger partial charge in [0.25, 0.3) is 5.91 Å². The van der Waals surface area contributed by atoms with Crippen LogP contribution >= 0.6 is 0 Å². The lowest BCUT2D eigenvalue weighted by atomic mass is 10.3. The minimum atomic E-state index is -0.253. The molecule has 2 rings (SSSR count). The molecule has 0 aromatic carbocycles. The largest absolute Gasteiger partial charge is 0.351 e. The van der Waals surface area contributed by atoms with Crippen molar-refractivity contribution in [2.24, 2.45) is 5.84 Å². The highest BCUT2D eigenvalue weighted by molar-refractivity contribution is 5.92. The number of nitrogen functional groups attached to an aromatic ring is 1. The van der Waals surface area contributed by atoms with Gasteiger partial charge in [-0.15, -0.1) is 10.2 Å². The number of rotatable bonds is 6. The van der Waals surface area contributed by atoms with Crippen LogP contribution in [0.1, 0.15) is 16.9 Å². The van der Waals surface area contributed by atoms with Crippen molar-refractivity contribution < 1.29 is 4.79 Å². The van der Waals surface area contributed by atoms with Gasteiger partial charge in [0.15, 0.2) is 11.5 Å². The van der Waals surface area contributed by atoms with E-state index in [1.165, 1.54) is 0 Å². The van der Waals surface area contributed by atoms with Gasteiger partial charge < -0.3 is 10.7 Å². The van der Waals surface area contributed by atoms with Gasteiger partial charge in [-0.05, 0) is 24.6 Å². The number of hydrazine groups is 1. The van der Waals surface area contributed by atoms with Crippen molar-refractivity contribution in [1.82, 2.24) is 25.3 Å². The molecule has 8 nitrogen and oxygen atoms in total. The zero-order valence-corrected chi connectivity index (χ0v) is 10.3. The first kappa shape index (κ1) is 13.0. The summed E-state index contributed by atoms with van der Waals surface area (Å²) in [5.74, 6) is 5.32. The molecular formula is C11H15N7O. The standard InChI is InChI=1S/C11H15N7O/c12-15-10-4-3-9(16-17-10)11(19)13-5-1-7-18-8-2-6-14-18/h2-4,6,8H,1,5,7,12H2,(H,13,19)(H,15,17). The topological polar surface area (TPSA) is 111 Å². The average Bonchev–Trinajstić information content (AvgIpc) is 2.96. The van der Waals surface area contributed by atoms with E-state index >= 15 is 0 Å². The Morgan fingerprint density at radius 1 is 1.37 bits per heavy atom. The molecule has 2 aromatic heterocycles. The second kappa shape index (κ2) is 6.45. The van der Waals surface area contributed by atoms with Crippen molar-refractivity contribution in [3.05, 3.63) is 36.3 Å². The molecule has 0 saturated carbocycles. The molecule has 0 unspecified atom stereocenters. The maximum Gasteiger partial charge on any atom is 0.271 e. The van der Waals surface area contributed by atoms with Gasteiger partial charge in [0.05, 0.1) is 0 Å². The first-order valence-corrected chi connectivity index (χ1v) is 5.85. The van der Waals surface area contributed by atoms with Crippen molar-refractivity contribution >= 4 is 11.7 Å². The van der Waals surface area contributed by atoms with Gasteiger partial charge in [-0.3, -0.25) is 9.48 Å². The number of anilines is 1.